The standard InChI is InChI=1S/C14H14O/c1-9-5-7-10(8-6-9)13-11-3-2-4-12(11)14(13)15/h2-3,5-8,11-13H,4H2,1H3/t11-,12+,13-/m0/s1. The third-order valence-corrected chi connectivity index (χ3v) is 3.71. The summed E-state index contributed by atoms with van der Waals surface area (Å²) in [5, 5.41) is 0. The first-order valence-corrected chi connectivity index (χ1v) is 5.54. The summed E-state index contributed by atoms with van der Waals surface area (Å²) >= 11 is 0. The monoisotopic (exact) mass is 198 g/mol. The summed E-state index contributed by atoms with van der Waals surface area (Å²) in [5.74, 6) is 1.37. The molecule has 0 aromatic heterocycles. The van der Waals surface area contributed by atoms with Crippen LogP contribution < -0.4 is 0 Å². The smallest absolute Gasteiger partial charge is 0.144 e. The van der Waals surface area contributed by atoms with E-state index in [-0.39, 0.29) is 5.92 Å². The normalized spacial score (nSPS) is 32.6. The van der Waals surface area contributed by atoms with Gasteiger partial charge in [0.2, 0.25) is 0 Å². The van der Waals surface area contributed by atoms with E-state index in [4.69, 9.17) is 0 Å². The maximum absolute atomic E-state index is 11.9. The molecule has 1 aromatic rings. The molecule has 1 aromatic carbocycles. The van der Waals surface area contributed by atoms with Crippen LogP contribution in [0.25, 0.3) is 0 Å². The maximum atomic E-state index is 11.9. The number of rotatable bonds is 1. The van der Waals surface area contributed by atoms with Gasteiger partial charge in [-0.05, 0) is 18.9 Å². The molecule has 2 aliphatic carbocycles. The highest BCUT2D eigenvalue weighted by Crippen LogP contribution is 2.49. The maximum Gasteiger partial charge on any atom is 0.144 e. The Kier molecular flexibility index (Phi) is 1.82. The molecule has 0 bridgehead atoms. The number of ketones is 1. The molecule has 0 spiro atoms. The molecule has 3 atom stereocenters. The number of hydrogen-bond donors (Lipinski definition) is 0. The molecule has 1 heteroatoms. The van der Waals surface area contributed by atoms with Crippen molar-refractivity contribution in [1.29, 1.82) is 0 Å². The van der Waals surface area contributed by atoms with Crippen molar-refractivity contribution in [3.63, 3.8) is 0 Å². The number of fused-ring (bicyclic) bond motifs is 1. The van der Waals surface area contributed by atoms with Crippen LogP contribution in [0.4, 0.5) is 0 Å². The van der Waals surface area contributed by atoms with Gasteiger partial charge in [-0.3, -0.25) is 4.79 Å². The highest BCUT2D eigenvalue weighted by atomic mass is 16.1. The summed E-state index contributed by atoms with van der Waals surface area (Å²) in [6.45, 7) is 2.07. The van der Waals surface area contributed by atoms with Gasteiger partial charge in [0.25, 0.3) is 0 Å². The van der Waals surface area contributed by atoms with Gasteiger partial charge in [0.05, 0.1) is 0 Å². The summed E-state index contributed by atoms with van der Waals surface area (Å²) in [6.07, 6.45) is 5.34. The van der Waals surface area contributed by atoms with Gasteiger partial charge in [0.1, 0.15) is 5.78 Å². The second-order valence-corrected chi connectivity index (χ2v) is 4.64. The highest BCUT2D eigenvalue weighted by Gasteiger charge is 2.49. The quantitative estimate of drug-likeness (QED) is 0.634. The topological polar surface area (TPSA) is 17.1 Å². The van der Waals surface area contributed by atoms with E-state index >= 15 is 0 Å². The van der Waals surface area contributed by atoms with E-state index in [1.807, 2.05) is 0 Å². The van der Waals surface area contributed by atoms with Crippen LogP contribution in [-0.4, -0.2) is 5.78 Å². The lowest BCUT2D eigenvalue weighted by Gasteiger charge is -2.38. The largest absolute Gasteiger partial charge is 0.299 e. The van der Waals surface area contributed by atoms with Crippen molar-refractivity contribution in [3.8, 4) is 0 Å². The minimum atomic E-state index is 0.148. The Hall–Kier alpha value is -1.37. The zero-order valence-corrected chi connectivity index (χ0v) is 8.81. The van der Waals surface area contributed by atoms with E-state index < -0.39 is 0 Å². The van der Waals surface area contributed by atoms with Gasteiger partial charge >= 0.3 is 0 Å². The Morgan fingerprint density at radius 3 is 2.67 bits per heavy atom. The SMILES string of the molecule is Cc1ccc([C@@H]2C(=O)[C@@H]3CC=C[C@@H]32)cc1. The van der Waals surface area contributed by atoms with Crippen molar-refractivity contribution in [2.75, 3.05) is 0 Å². The molecule has 2 aliphatic rings. The summed E-state index contributed by atoms with van der Waals surface area (Å²) in [6, 6.07) is 8.38. The highest BCUT2D eigenvalue weighted by molar-refractivity contribution is 5.96. The number of hydrogen-bond acceptors (Lipinski definition) is 1. The zero-order chi connectivity index (χ0) is 10.4. The van der Waals surface area contributed by atoms with Crippen LogP contribution in [-0.2, 0) is 4.79 Å². The van der Waals surface area contributed by atoms with Gasteiger partial charge in [-0.25, -0.2) is 0 Å². The average molecular weight is 198 g/mol. The fourth-order valence-electron chi connectivity index (χ4n) is 2.78. The number of aryl methyl sites for hydroxylation is 1. The van der Waals surface area contributed by atoms with Crippen molar-refractivity contribution in [2.45, 2.75) is 19.3 Å². The fraction of sp³-hybridized carbons (Fsp3) is 0.357. The van der Waals surface area contributed by atoms with E-state index in [1.165, 1.54) is 11.1 Å². The molecule has 1 nitrogen and oxygen atoms in total. The van der Waals surface area contributed by atoms with Gasteiger partial charge in [0, 0.05) is 17.8 Å². The zero-order valence-electron chi connectivity index (χ0n) is 8.81. The minimum Gasteiger partial charge on any atom is -0.299 e. The predicted octanol–water partition coefficient (Wildman–Crippen LogP) is 2.85. The molecular formula is C14H14O. The summed E-state index contributed by atoms with van der Waals surface area (Å²) in [4.78, 5) is 11.9. The van der Waals surface area contributed by atoms with Crippen LogP contribution in [0, 0.1) is 18.8 Å². The third kappa shape index (κ3) is 1.19. The Morgan fingerprint density at radius 2 is 1.93 bits per heavy atom. The summed E-state index contributed by atoms with van der Waals surface area (Å²) in [5.41, 5.74) is 2.45. The van der Waals surface area contributed by atoms with Crippen molar-refractivity contribution in [1.82, 2.24) is 0 Å². The number of Topliss-reactive ketones (excluding diaryl/α,β-unsaturated/α-hetero) is 1. The van der Waals surface area contributed by atoms with Crippen molar-refractivity contribution < 1.29 is 4.79 Å². The van der Waals surface area contributed by atoms with E-state index in [0.717, 1.165) is 6.42 Å². The van der Waals surface area contributed by atoms with Crippen LogP contribution in [0.1, 0.15) is 23.5 Å². The molecule has 0 N–H and O–H groups in total. The van der Waals surface area contributed by atoms with Gasteiger partial charge in [-0.15, -0.1) is 0 Å². The first kappa shape index (κ1) is 8.90. The average Bonchev–Trinajstić information content (AvgIpc) is 2.65. The first-order chi connectivity index (χ1) is 7.27. The van der Waals surface area contributed by atoms with Gasteiger partial charge in [-0.1, -0.05) is 42.0 Å². The van der Waals surface area contributed by atoms with E-state index in [2.05, 4.69) is 43.3 Å². The molecule has 76 valence electrons. The fourth-order valence-corrected chi connectivity index (χ4v) is 2.78. The molecule has 0 aliphatic heterocycles. The van der Waals surface area contributed by atoms with Crippen LogP contribution in [0.15, 0.2) is 36.4 Å². The number of carbonyl (C=O) groups excluding carboxylic acids is 1. The molecule has 1 saturated carbocycles. The first-order valence-electron chi connectivity index (χ1n) is 5.54. The van der Waals surface area contributed by atoms with Crippen LogP contribution in [0.5, 0.6) is 0 Å². The molecule has 0 unspecified atom stereocenters. The minimum absolute atomic E-state index is 0.148. The molecule has 0 saturated heterocycles. The lowest BCUT2D eigenvalue weighted by Crippen LogP contribution is -2.42. The van der Waals surface area contributed by atoms with Gasteiger partial charge in [0.15, 0.2) is 0 Å². The van der Waals surface area contributed by atoms with Crippen LogP contribution >= 0.6 is 0 Å². The lowest BCUT2D eigenvalue weighted by molar-refractivity contribution is -0.134. The molecule has 3 rings (SSSR count). The summed E-state index contributed by atoms with van der Waals surface area (Å²) in [7, 11) is 0. The number of carbonyl (C=O) groups is 1. The van der Waals surface area contributed by atoms with Crippen LogP contribution in [0.3, 0.4) is 0 Å². The van der Waals surface area contributed by atoms with E-state index in [1.54, 1.807) is 0 Å². The van der Waals surface area contributed by atoms with Gasteiger partial charge < -0.3 is 0 Å². The van der Waals surface area contributed by atoms with E-state index in [0.29, 0.717) is 17.6 Å². The van der Waals surface area contributed by atoms with Gasteiger partial charge in [-0.2, -0.15) is 0 Å². The number of benzene rings is 1. The van der Waals surface area contributed by atoms with Crippen molar-refractivity contribution >= 4 is 5.78 Å². The van der Waals surface area contributed by atoms with Crippen molar-refractivity contribution in [3.05, 3.63) is 47.5 Å². The second kappa shape index (κ2) is 3.06. The Balaban J connectivity index is 1.92. The Morgan fingerprint density at radius 1 is 1.20 bits per heavy atom. The summed E-state index contributed by atoms with van der Waals surface area (Å²) < 4.78 is 0. The molecule has 0 radical (unpaired) electrons. The van der Waals surface area contributed by atoms with Crippen molar-refractivity contribution in [2.24, 2.45) is 11.8 Å². The Labute approximate surface area is 89.8 Å². The second-order valence-electron chi connectivity index (χ2n) is 4.64. The van der Waals surface area contributed by atoms with Crippen LogP contribution in [0.2, 0.25) is 0 Å². The molecule has 1 fully saturated rings. The number of allylic oxidation sites excluding steroid dienone is 2. The Bertz CT molecular complexity index is 427. The molecule has 0 heterocycles. The van der Waals surface area contributed by atoms with E-state index in [9.17, 15) is 4.79 Å². The lowest BCUT2D eigenvalue weighted by atomic mass is 9.62. The molecule has 15 heavy (non-hydrogen) atoms. The predicted molar refractivity (Wildman–Crippen MR) is 59.7 cm³/mol. The molecule has 0 amide bonds. The third-order valence-electron chi connectivity index (χ3n) is 3.71. The molecular weight excluding hydrogens is 184 g/mol.